The zero-order chi connectivity index (χ0) is 13.5. The van der Waals surface area contributed by atoms with Crippen LogP contribution in [0.5, 0.6) is 0 Å². The van der Waals surface area contributed by atoms with Gasteiger partial charge in [0.25, 0.3) is 0 Å². The largest absolute Gasteiger partial charge is 0.290 e. The predicted molar refractivity (Wildman–Crippen MR) is 70.7 cm³/mol. The van der Waals surface area contributed by atoms with E-state index < -0.39 is 0 Å². The molecule has 0 bridgehead atoms. The lowest BCUT2D eigenvalue weighted by atomic mass is 10.1. The van der Waals surface area contributed by atoms with Crippen LogP contribution in [0.4, 0.5) is 0 Å². The van der Waals surface area contributed by atoms with Crippen molar-refractivity contribution in [1.82, 2.24) is 35.1 Å². The van der Waals surface area contributed by atoms with Gasteiger partial charge < -0.3 is 0 Å². The highest BCUT2D eigenvalue weighted by Crippen LogP contribution is 2.34. The predicted octanol–water partition coefficient (Wildman–Crippen LogP) is 0.665. The van der Waals surface area contributed by atoms with Crippen LogP contribution in [0.1, 0.15) is 41.8 Å². The molecule has 1 aliphatic heterocycles. The number of rotatable bonds is 3. The summed E-state index contributed by atoms with van der Waals surface area (Å²) < 4.78 is 1.99. The molecule has 3 heterocycles. The van der Waals surface area contributed by atoms with Gasteiger partial charge in [0.15, 0.2) is 5.82 Å². The van der Waals surface area contributed by atoms with E-state index in [0.29, 0.717) is 6.04 Å². The lowest BCUT2D eigenvalue weighted by molar-refractivity contribution is 0.230. The molecule has 1 aliphatic carbocycles. The van der Waals surface area contributed by atoms with Crippen molar-refractivity contribution in [1.29, 1.82) is 0 Å². The average molecular weight is 271 g/mol. The highest BCUT2D eigenvalue weighted by Gasteiger charge is 2.29. The molecule has 2 aromatic rings. The Kier molecular flexibility index (Phi) is 2.73. The van der Waals surface area contributed by atoms with Crippen LogP contribution in [0.3, 0.4) is 0 Å². The van der Waals surface area contributed by atoms with Gasteiger partial charge in [0.05, 0.1) is 18.3 Å². The van der Waals surface area contributed by atoms with Gasteiger partial charge in [-0.2, -0.15) is 0 Å². The molecule has 0 radical (unpaired) electrons. The van der Waals surface area contributed by atoms with Crippen molar-refractivity contribution in [2.75, 3.05) is 6.54 Å². The molecule has 0 amide bonds. The summed E-state index contributed by atoms with van der Waals surface area (Å²) in [7, 11) is 0. The van der Waals surface area contributed by atoms with Gasteiger partial charge in [-0.25, -0.2) is 14.6 Å². The molecule has 0 atom stereocenters. The number of fused-ring (bicyclic) bond motifs is 1. The van der Waals surface area contributed by atoms with Crippen molar-refractivity contribution in [3.8, 4) is 0 Å². The summed E-state index contributed by atoms with van der Waals surface area (Å²) in [5.74, 6) is 1.81. The molecule has 2 aromatic heterocycles. The van der Waals surface area contributed by atoms with Gasteiger partial charge in [0.1, 0.15) is 5.82 Å². The fraction of sp³-hybridized carbons (Fsp3) is 0.615. The van der Waals surface area contributed by atoms with Crippen LogP contribution >= 0.6 is 0 Å². The maximum atomic E-state index is 4.55. The first-order chi connectivity index (χ1) is 9.79. The maximum absolute atomic E-state index is 4.55. The summed E-state index contributed by atoms with van der Waals surface area (Å²) >= 11 is 0. The third-order valence-corrected chi connectivity index (χ3v) is 3.96. The monoisotopic (exact) mass is 271 g/mol. The Morgan fingerprint density at radius 1 is 1.35 bits per heavy atom. The summed E-state index contributed by atoms with van der Waals surface area (Å²) in [5, 5.41) is 12.1. The third-order valence-electron chi connectivity index (χ3n) is 3.96. The van der Waals surface area contributed by atoms with Gasteiger partial charge in [0, 0.05) is 19.3 Å². The molecular formula is C13H17N7. The van der Waals surface area contributed by atoms with E-state index >= 15 is 0 Å². The molecule has 0 unspecified atom stereocenters. The summed E-state index contributed by atoms with van der Waals surface area (Å²) in [6, 6.07) is 0.529. The minimum atomic E-state index is 0.529. The Balaban J connectivity index is 1.52. The summed E-state index contributed by atoms with van der Waals surface area (Å²) in [4.78, 5) is 11.2. The Morgan fingerprint density at radius 2 is 2.25 bits per heavy atom. The van der Waals surface area contributed by atoms with Crippen LogP contribution in [0.25, 0.3) is 0 Å². The molecule has 0 spiro atoms. The van der Waals surface area contributed by atoms with Gasteiger partial charge in [-0.15, -0.1) is 5.10 Å². The Hall–Kier alpha value is -1.89. The maximum Gasteiger partial charge on any atom is 0.165 e. The smallest absolute Gasteiger partial charge is 0.165 e. The summed E-state index contributed by atoms with van der Waals surface area (Å²) in [5.41, 5.74) is 2.42. The fourth-order valence-corrected chi connectivity index (χ4v) is 2.71. The first-order valence-corrected chi connectivity index (χ1v) is 7.10. The van der Waals surface area contributed by atoms with Crippen LogP contribution in [-0.2, 0) is 19.5 Å². The lowest BCUT2D eigenvalue weighted by Gasteiger charge is -2.27. The van der Waals surface area contributed by atoms with Crippen LogP contribution in [0, 0.1) is 6.92 Å². The first kappa shape index (κ1) is 11.9. The topological polar surface area (TPSA) is 72.6 Å². The van der Waals surface area contributed by atoms with E-state index in [0.717, 1.165) is 43.4 Å². The van der Waals surface area contributed by atoms with Gasteiger partial charge >= 0.3 is 0 Å². The normalized spacial score (nSPS) is 19.1. The molecular weight excluding hydrogens is 254 g/mol. The van der Waals surface area contributed by atoms with E-state index in [4.69, 9.17) is 0 Å². The molecule has 4 rings (SSSR count). The SMILES string of the molecule is Cc1ncc2c(n1)CN(Cc1nnnn1C1CC1)CC2. The zero-order valence-corrected chi connectivity index (χ0v) is 11.5. The van der Waals surface area contributed by atoms with Gasteiger partial charge in [-0.05, 0) is 42.2 Å². The molecule has 2 aliphatic rings. The summed E-state index contributed by atoms with van der Waals surface area (Å²) in [6.07, 6.45) is 5.37. The van der Waals surface area contributed by atoms with Crippen molar-refractivity contribution < 1.29 is 0 Å². The van der Waals surface area contributed by atoms with Crippen LogP contribution in [-0.4, -0.2) is 41.6 Å². The van der Waals surface area contributed by atoms with Gasteiger partial charge in [0.2, 0.25) is 0 Å². The van der Waals surface area contributed by atoms with Gasteiger partial charge in [-0.1, -0.05) is 0 Å². The first-order valence-electron chi connectivity index (χ1n) is 7.10. The number of nitrogens with zero attached hydrogens (tertiary/aromatic N) is 7. The van der Waals surface area contributed by atoms with E-state index in [1.165, 1.54) is 18.4 Å². The molecule has 1 fully saturated rings. The molecule has 20 heavy (non-hydrogen) atoms. The van der Waals surface area contributed by atoms with E-state index in [9.17, 15) is 0 Å². The van der Waals surface area contributed by atoms with Crippen molar-refractivity contribution in [2.45, 2.75) is 45.3 Å². The quantitative estimate of drug-likeness (QED) is 0.816. The van der Waals surface area contributed by atoms with Crippen LogP contribution in [0.15, 0.2) is 6.20 Å². The fourth-order valence-electron chi connectivity index (χ4n) is 2.71. The summed E-state index contributed by atoms with van der Waals surface area (Å²) in [6.45, 7) is 4.60. The second kappa shape index (κ2) is 4.59. The van der Waals surface area contributed by atoms with E-state index in [1.807, 2.05) is 17.8 Å². The zero-order valence-electron chi connectivity index (χ0n) is 11.5. The molecule has 0 aromatic carbocycles. The standard InChI is InChI=1S/C13H17N7/c1-9-14-6-10-4-5-19(7-12(10)15-9)8-13-16-17-18-20(13)11-2-3-11/h6,11H,2-5,7-8H2,1H3. The molecule has 1 saturated carbocycles. The number of aryl methyl sites for hydroxylation is 1. The Bertz CT molecular complexity index is 631. The van der Waals surface area contributed by atoms with E-state index in [-0.39, 0.29) is 0 Å². The number of hydrogen-bond acceptors (Lipinski definition) is 6. The number of hydrogen-bond donors (Lipinski definition) is 0. The highest BCUT2D eigenvalue weighted by atomic mass is 15.6. The van der Waals surface area contributed by atoms with Crippen molar-refractivity contribution in [3.63, 3.8) is 0 Å². The second-order valence-electron chi connectivity index (χ2n) is 5.62. The number of aromatic nitrogens is 6. The lowest BCUT2D eigenvalue weighted by Crippen LogP contribution is -2.32. The van der Waals surface area contributed by atoms with Crippen LogP contribution in [0.2, 0.25) is 0 Å². The van der Waals surface area contributed by atoms with E-state index in [1.54, 1.807) is 0 Å². The van der Waals surface area contributed by atoms with Crippen molar-refractivity contribution in [3.05, 3.63) is 29.1 Å². The molecule has 0 saturated heterocycles. The van der Waals surface area contributed by atoms with Gasteiger partial charge in [-0.3, -0.25) is 4.90 Å². The second-order valence-corrected chi connectivity index (χ2v) is 5.62. The highest BCUT2D eigenvalue weighted by molar-refractivity contribution is 5.20. The van der Waals surface area contributed by atoms with E-state index in [2.05, 4.69) is 30.4 Å². The molecule has 104 valence electrons. The van der Waals surface area contributed by atoms with Crippen molar-refractivity contribution in [2.24, 2.45) is 0 Å². The van der Waals surface area contributed by atoms with Crippen molar-refractivity contribution >= 4 is 0 Å². The Morgan fingerprint density at radius 3 is 3.10 bits per heavy atom. The minimum Gasteiger partial charge on any atom is -0.290 e. The molecule has 7 nitrogen and oxygen atoms in total. The number of tetrazole rings is 1. The Labute approximate surface area is 117 Å². The van der Waals surface area contributed by atoms with Crippen LogP contribution < -0.4 is 0 Å². The third kappa shape index (κ3) is 2.18. The molecule has 7 heteroatoms. The average Bonchev–Trinajstić information content (AvgIpc) is 3.19. The molecule has 0 N–H and O–H groups in total. The minimum absolute atomic E-state index is 0.529.